The maximum atomic E-state index is 13.7. The van der Waals surface area contributed by atoms with Gasteiger partial charge >= 0.3 is 0 Å². The minimum Gasteiger partial charge on any atom is -0.497 e. The van der Waals surface area contributed by atoms with E-state index in [1.165, 1.54) is 4.68 Å². The average Bonchev–Trinajstić information content (AvgIpc) is 3.25. The first-order valence-electron chi connectivity index (χ1n) is 10.5. The smallest absolute Gasteiger partial charge is 0.279 e. The molecule has 0 fully saturated rings. The summed E-state index contributed by atoms with van der Waals surface area (Å²) in [6.45, 7) is -0.201. The van der Waals surface area contributed by atoms with Crippen molar-refractivity contribution in [2.24, 2.45) is 0 Å². The summed E-state index contributed by atoms with van der Waals surface area (Å²) in [5, 5.41) is 15.0. The first kappa shape index (κ1) is 20.0. The van der Waals surface area contributed by atoms with E-state index in [0.717, 1.165) is 33.6 Å². The number of aliphatic hydroxyl groups excluding tert-OH is 1. The largest absolute Gasteiger partial charge is 0.497 e. The Balaban J connectivity index is 1.71. The number of methoxy groups -OCH3 is 1. The van der Waals surface area contributed by atoms with Crippen molar-refractivity contribution in [3.05, 3.63) is 102 Å². The number of carbonyl (C=O) groups is 1. The molecule has 1 N–H and O–H groups in total. The van der Waals surface area contributed by atoms with Crippen LogP contribution in [0.2, 0.25) is 0 Å². The van der Waals surface area contributed by atoms with Crippen molar-refractivity contribution >= 4 is 11.5 Å². The Hall–Kier alpha value is -3.96. The molecule has 5 heteroatoms. The Bertz CT molecular complexity index is 1300. The highest BCUT2D eigenvalue weighted by molar-refractivity contribution is 6.23. The molecular formula is C27H22N2O3. The summed E-state index contributed by atoms with van der Waals surface area (Å²) in [4.78, 5) is 13.7. The van der Waals surface area contributed by atoms with Crippen LogP contribution in [0.3, 0.4) is 0 Å². The van der Waals surface area contributed by atoms with Gasteiger partial charge in [0.25, 0.3) is 5.91 Å². The van der Waals surface area contributed by atoms with E-state index in [-0.39, 0.29) is 12.5 Å². The molecule has 0 unspecified atom stereocenters. The molecule has 3 aromatic carbocycles. The zero-order valence-corrected chi connectivity index (χ0v) is 17.7. The van der Waals surface area contributed by atoms with Crippen LogP contribution >= 0.6 is 0 Å². The van der Waals surface area contributed by atoms with Gasteiger partial charge < -0.3 is 9.84 Å². The Morgan fingerprint density at radius 1 is 0.875 bits per heavy atom. The van der Waals surface area contributed by atoms with Crippen molar-refractivity contribution in [1.29, 1.82) is 0 Å². The summed E-state index contributed by atoms with van der Waals surface area (Å²) in [7, 11) is 1.60. The molecule has 2 heterocycles. The molecule has 0 atom stereocenters. The van der Waals surface area contributed by atoms with Gasteiger partial charge in [-0.15, -0.1) is 0 Å². The zero-order valence-electron chi connectivity index (χ0n) is 17.7. The highest BCUT2D eigenvalue weighted by Gasteiger charge is 2.32. The molecule has 0 aliphatic carbocycles. The third-order valence-electron chi connectivity index (χ3n) is 5.80. The molecule has 1 aliphatic heterocycles. The molecule has 1 aliphatic rings. The van der Waals surface area contributed by atoms with Crippen LogP contribution in [0.25, 0.3) is 28.0 Å². The molecule has 0 radical (unpaired) electrons. The minimum absolute atomic E-state index is 0.201. The fourth-order valence-electron chi connectivity index (χ4n) is 4.26. The summed E-state index contributed by atoms with van der Waals surface area (Å²) in [6.07, 6.45) is 0.438. The Morgan fingerprint density at radius 2 is 1.50 bits per heavy atom. The molecule has 0 spiro atoms. The highest BCUT2D eigenvalue weighted by Crippen LogP contribution is 2.39. The molecule has 0 bridgehead atoms. The van der Waals surface area contributed by atoms with Crippen LogP contribution in [0.5, 0.6) is 5.75 Å². The molecule has 0 saturated heterocycles. The monoisotopic (exact) mass is 422 g/mol. The fraction of sp³-hybridized carbons (Fsp3) is 0.111. The van der Waals surface area contributed by atoms with E-state index in [1.54, 1.807) is 7.11 Å². The molecular weight excluding hydrogens is 400 g/mol. The van der Waals surface area contributed by atoms with Crippen LogP contribution in [-0.4, -0.2) is 34.5 Å². The lowest BCUT2D eigenvalue weighted by atomic mass is 9.90. The number of hydrogen-bond donors (Lipinski definition) is 1. The molecule has 4 aromatic rings. The van der Waals surface area contributed by atoms with Crippen LogP contribution in [0.1, 0.15) is 16.1 Å². The van der Waals surface area contributed by atoms with Gasteiger partial charge in [-0.25, -0.2) is 0 Å². The van der Waals surface area contributed by atoms with Gasteiger partial charge in [0, 0.05) is 17.5 Å². The maximum Gasteiger partial charge on any atom is 0.279 e. The van der Waals surface area contributed by atoms with Gasteiger partial charge in [0.05, 0.1) is 25.0 Å². The van der Waals surface area contributed by atoms with E-state index in [0.29, 0.717) is 23.3 Å². The second-order valence-corrected chi connectivity index (χ2v) is 7.66. The Labute approximate surface area is 186 Å². The lowest BCUT2D eigenvalue weighted by Crippen LogP contribution is -2.25. The molecule has 1 aromatic heterocycles. The Morgan fingerprint density at radius 3 is 2.09 bits per heavy atom. The lowest BCUT2D eigenvalue weighted by Gasteiger charge is -2.21. The normalized spacial score (nSPS) is 13.2. The second kappa shape index (κ2) is 8.29. The average molecular weight is 422 g/mol. The fourth-order valence-corrected chi connectivity index (χ4v) is 4.26. The first-order chi connectivity index (χ1) is 15.7. The number of allylic oxidation sites excluding steroid dienone is 1. The zero-order chi connectivity index (χ0) is 22.1. The third kappa shape index (κ3) is 3.33. The number of fused-ring (bicyclic) bond motifs is 1. The summed E-state index contributed by atoms with van der Waals surface area (Å²) in [5.41, 5.74) is 6.32. The predicted octanol–water partition coefficient (Wildman–Crippen LogP) is 4.87. The topological polar surface area (TPSA) is 64.3 Å². The summed E-state index contributed by atoms with van der Waals surface area (Å²) in [6, 6.07) is 27.1. The second-order valence-electron chi connectivity index (χ2n) is 7.66. The van der Waals surface area contributed by atoms with E-state index in [2.05, 4.69) is 0 Å². The number of rotatable bonds is 5. The number of aromatic nitrogens is 2. The van der Waals surface area contributed by atoms with Gasteiger partial charge in [-0.2, -0.15) is 9.78 Å². The number of nitrogens with zero attached hydrogens (tertiary/aromatic N) is 2. The van der Waals surface area contributed by atoms with Crippen LogP contribution in [0, 0.1) is 0 Å². The minimum atomic E-state index is -0.236. The van der Waals surface area contributed by atoms with Crippen LogP contribution < -0.4 is 4.74 Å². The van der Waals surface area contributed by atoms with Crippen LogP contribution in [-0.2, 0) is 6.42 Å². The predicted molar refractivity (Wildman–Crippen MR) is 124 cm³/mol. The van der Waals surface area contributed by atoms with Gasteiger partial charge in [-0.05, 0) is 28.8 Å². The first-order valence-corrected chi connectivity index (χ1v) is 10.5. The van der Waals surface area contributed by atoms with Crippen molar-refractivity contribution in [2.75, 3.05) is 13.7 Å². The number of ether oxygens (including phenoxy) is 1. The highest BCUT2D eigenvalue weighted by atomic mass is 16.5. The number of carbonyl (C=O) groups excluding carboxylic acids is 1. The van der Waals surface area contributed by atoms with E-state index < -0.39 is 0 Å². The number of hydrogen-bond acceptors (Lipinski definition) is 4. The lowest BCUT2D eigenvalue weighted by molar-refractivity contribution is 0.0956. The molecule has 0 amide bonds. The Kier molecular flexibility index (Phi) is 5.17. The summed E-state index contributed by atoms with van der Waals surface area (Å²) in [5.74, 6) is 0.473. The third-order valence-corrected chi connectivity index (χ3v) is 5.80. The van der Waals surface area contributed by atoms with Crippen LogP contribution in [0.15, 0.2) is 90.5 Å². The van der Waals surface area contributed by atoms with E-state index in [1.807, 2.05) is 84.9 Å². The number of benzene rings is 3. The molecule has 32 heavy (non-hydrogen) atoms. The van der Waals surface area contributed by atoms with Crippen molar-refractivity contribution in [3.8, 4) is 28.1 Å². The van der Waals surface area contributed by atoms with Gasteiger partial charge in [-0.1, -0.05) is 72.8 Å². The maximum absolute atomic E-state index is 13.7. The SMILES string of the molecule is COc1ccc(C2=C(CO)Cc3c(-c4ccccc4)c(-c4ccccc4)nn3C2=O)cc1. The summed E-state index contributed by atoms with van der Waals surface area (Å²) >= 11 is 0. The number of aliphatic hydroxyl groups is 1. The quantitative estimate of drug-likeness (QED) is 0.498. The molecule has 5 rings (SSSR count). The van der Waals surface area contributed by atoms with Gasteiger partial charge in [0.15, 0.2) is 0 Å². The van der Waals surface area contributed by atoms with Gasteiger partial charge in [-0.3, -0.25) is 4.79 Å². The van der Waals surface area contributed by atoms with Crippen molar-refractivity contribution in [3.63, 3.8) is 0 Å². The van der Waals surface area contributed by atoms with E-state index in [4.69, 9.17) is 9.84 Å². The molecule has 0 saturated carbocycles. The molecule has 5 nitrogen and oxygen atoms in total. The van der Waals surface area contributed by atoms with E-state index in [9.17, 15) is 9.90 Å². The molecule has 158 valence electrons. The van der Waals surface area contributed by atoms with Gasteiger partial charge in [0.1, 0.15) is 11.4 Å². The van der Waals surface area contributed by atoms with Crippen molar-refractivity contribution < 1.29 is 14.6 Å². The van der Waals surface area contributed by atoms with Crippen molar-refractivity contribution in [1.82, 2.24) is 9.78 Å². The van der Waals surface area contributed by atoms with Crippen molar-refractivity contribution in [2.45, 2.75) is 6.42 Å². The standard InChI is InChI=1S/C27H22N2O3/c1-32-22-14-12-19(13-15-22)24-21(17-30)16-23-25(18-8-4-2-5-9-18)26(28-29(23)27(24)31)20-10-6-3-7-11-20/h2-15,30H,16-17H2,1H3. The summed E-state index contributed by atoms with van der Waals surface area (Å²) < 4.78 is 6.75. The van der Waals surface area contributed by atoms with Gasteiger partial charge in [0.2, 0.25) is 0 Å². The van der Waals surface area contributed by atoms with E-state index >= 15 is 0 Å². The van der Waals surface area contributed by atoms with Crippen LogP contribution in [0.4, 0.5) is 0 Å².